The maximum atomic E-state index is 13.8. The van der Waals surface area contributed by atoms with Gasteiger partial charge in [-0.05, 0) is 116 Å². The SMILES string of the molecule is CCCC(C(=O)NC=O)n1c(=O)oc2c(CCOCCN3CCN(C4CCN(c5cc(OCC)c(Nc6ncc(Br)c(Nc7ccc8nc(CC)ccc8c7P(C)(C)=O)n6)cc5CC)CC4)CC3)cccc21. The Morgan fingerprint density at radius 1 is 0.931 bits per heavy atom. The van der Waals surface area contributed by atoms with E-state index in [1.54, 1.807) is 25.6 Å². The monoisotopic (exact) mass is 1070 g/mol. The molecule has 8 rings (SSSR count). The van der Waals surface area contributed by atoms with E-state index in [2.05, 4.69) is 77.5 Å². The Morgan fingerprint density at radius 3 is 2.43 bits per heavy atom. The number of carbonyl (C=O) groups excluding carboxylic acids is 2. The zero-order chi connectivity index (χ0) is 50.9. The van der Waals surface area contributed by atoms with E-state index in [4.69, 9.17) is 23.9 Å². The lowest BCUT2D eigenvalue weighted by Crippen LogP contribution is -2.53. The Bertz CT molecular complexity index is 2980. The van der Waals surface area contributed by atoms with Crippen molar-refractivity contribution in [1.82, 2.24) is 34.6 Å². The van der Waals surface area contributed by atoms with Gasteiger partial charge in [-0.2, -0.15) is 4.98 Å². The highest BCUT2D eigenvalue weighted by Crippen LogP contribution is 2.42. The van der Waals surface area contributed by atoms with Crippen LogP contribution in [0.15, 0.2) is 74.5 Å². The summed E-state index contributed by atoms with van der Waals surface area (Å²) in [7, 11) is -2.75. The third-order valence-electron chi connectivity index (χ3n) is 13.8. The average Bonchev–Trinajstić information content (AvgIpc) is 3.72. The van der Waals surface area contributed by atoms with E-state index in [1.807, 2.05) is 50.2 Å². The fourth-order valence-corrected chi connectivity index (χ4v) is 11.9. The van der Waals surface area contributed by atoms with Crippen molar-refractivity contribution in [2.75, 3.05) is 94.5 Å². The van der Waals surface area contributed by atoms with Gasteiger partial charge in [0.2, 0.25) is 18.3 Å². The fourth-order valence-electron chi connectivity index (χ4n) is 10.1. The Kier molecular flexibility index (Phi) is 17.5. The molecule has 384 valence electrons. The molecule has 2 saturated heterocycles. The number of amides is 2. The van der Waals surface area contributed by atoms with Crippen molar-refractivity contribution in [1.29, 1.82) is 0 Å². The number of aromatic nitrogens is 4. The predicted octanol–water partition coefficient (Wildman–Crippen LogP) is 8.41. The maximum absolute atomic E-state index is 13.8. The highest BCUT2D eigenvalue weighted by Gasteiger charge is 2.30. The topological polar surface area (TPSA) is 189 Å². The molecule has 1 unspecified atom stereocenters. The number of pyridine rings is 1. The van der Waals surface area contributed by atoms with E-state index >= 15 is 0 Å². The lowest BCUT2D eigenvalue weighted by Gasteiger charge is -2.43. The fraction of sp³-hybridized carbons (Fsp3) is 0.472. The second-order valence-corrected chi connectivity index (χ2v) is 22.8. The molecule has 2 fully saturated rings. The minimum absolute atomic E-state index is 0.340. The van der Waals surface area contributed by atoms with Gasteiger partial charge < -0.3 is 34.0 Å². The smallest absolute Gasteiger partial charge is 0.420 e. The Labute approximate surface area is 429 Å². The first-order valence-electron chi connectivity index (χ1n) is 25.3. The van der Waals surface area contributed by atoms with Crippen molar-refractivity contribution in [3.8, 4) is 5.75 Å². The number of ether oxygens (including phenoxy) is 2. The zero-order valence-corrected chi connectivity index (χ0v) is 44.8. The number of benzene rings is 3. The predicted molar refractivity (Wildman–Crippen MR) is 290 cm³/mol. The average molecular weight is 1070 g/mol. The Balaban J connectivity index is 0.836. The first-order chi connectivity index (χ1) is 34.8. The van der Waals surface area contributed by atoms with Gasteiger partial charge in [-0.3, -0.25) is 34.3 Å². The molecule has 0 aliphatic carbocycles. The molecule has 3 aromatic heterocycles. The Hall–Kier alpha value is -5.65. The summed E-state index contributed by atoms with van der Waals surface area (Å²) >= 11 is 3.64. The van der Waals surface area contributed by atoms with Crippen LogP contribution in [0.5, 0.6) is 5.75 Å². The first-order valence-corrected chi connectivity index (χ1v) is 28.7. The highest BCUT2D eigenvalue weighted by atomic mass is 79.9. The van der Waals surface area contributed by atoms with Crippen LogP contribution in [0.25, 0.3) is 22.0 Å². The second-order valence-electron chi connectivity index (χ2n) is 18.8. The second kappa shape index (κ2) is 23.9. The number of anilines is 5. The number of imide groups is 1. The number of carbonyl (C=O) groups is 2. The maximum Gasteiger partial charge on any atom is 0.420 e. The van der Waals surface area contributed by atoms with Gasteiger partial charge in [-0.25, -0.2) is 9.78 Å². The molecule has 1 atom stereocenters. The number of nitrogens with one attached hydrogen (secondary N) is 3. The molecule has 0 radical (unpaired) electrons. The molecule has 2 aliphatic heterocycles. The number of nitrogens with zero attached hydrogens (tertiary/aromatic N) is 7. The first kappa shape index (κ1) is 52.7. The van der Waals surface area contributed by atoms with E-state index < -0.39 is 24.8 Å². The molecule has 2 aliphatic rings. The lowest BCUT2D eigenvalue weighted by atomic mass is 9.99. The van der Waals surface area contributed by atoms with Gasteiger partial charge in [0.1, 0.15) is 24.8 Å². The van der Waals surface area contributed by atoms with Crippen LogP contribution in [-0.2, 0) is 38.2 Å². The zero-order valence-electron chi connectivity index (χ0n) is 42.3. The number of oxazole rings is 1. The quantitative estimate of drug-likeness (QED) is 0.0334. The summed E-state index contributed by atoms with van der Waals surface area (Å²) in [5.74, 6) is 0.525. The van der Waals surface area contributed by atoms with Crippen LogP contribution in [0.3, 0.4) is 0 Å². The summed E-state index contributed by atoms with van der Waals surface area (Å²) in [6.45, 7) is 20.1. The Morgan fingerprint density at radius 2 is 1.72 bits per heavy atom. The van der Waals surface area contributed by atoms with Gasteiger partial charge in [-0.15, -0.1) is 0 Å². The number of piperazine rings is 1. The van der Waals surface area contributed by atoms with Gasteiger partial charge in [0.25, 0.3) is 0 Å². The summed E-state index contributed by atoms with van der Waals surface area (Å²) in [5.41, 5.74) is 7.54. The molecule has 0 saturated carbocycles. The standard InChI is InChI=1S/C53H68BrN10O7P/c1-7-12-45(51(66)56-34-65)64-44-14-11-13-36(48(44)71-53(64)67)21-29-69-30-28-61-24-26-62(27-25-61)38-19-22-63(23-20-38)46-32-47(70-10-4)43(31-35(46)8-2)59-52-55-33-40(54)50(60-52)58-42-18-17-41-39(49(42)72(5,6)68)16-15-37(9-3)57-41/h11,13-18,31-34,38,45H,7-10,12,19-30H2,1-6H3,(H,56,65,66)(H2,55,58,59,60). The van der Waals surface area contributed by atoms with Crippen LogP contribution >= 0.6 is 23.1 Å². The molecule has 2 amide bonds. The third-order valence-corrected chi connectivity index (χ3v) is 15.9. The van der Waals surface area contributed by atoms with Crippen molar-refractivity contribution >= 4 is 91.5 Å². The van der Waals surface area contributed by atoms with E-state index in [0.29, 0.717) is 84.6 Å². The van der Waals surface area contributed by atoms with Gasteiger partial charge in [0.05, 0.1) is 46.7 Å². The summed E-state index contributed by atoms with van der Waals surface area (Å²) in [6.07, 6.45) is 7.49. The summed E-state index contributed by atoms with van der Waals surface area (Å²) < 4.78 is 33.8. The number of rotatable bonds is 22. The number of aryl methyl sites for hydroxylation is 2. The molecular formula is C53H68BrN10O7P. The van der Waals surface area contributed by atoms with Crippen molar-refractivity contribution in [3.63, 3.8) is 0 Å². The van der Waals surface area contributed by atoms with Crippen LogP contribution in [-0.4, -0.2) is 127 Å². The third kappa shape index (κ3) is 12.1. The molecule has 0 bridgehead atoms. The number of para-hydroxylation sites is 1. The van der Waals surface area contributed by atoms with Crippen molar-refractivity contribution < 1.29 is 28.0 Å². The number of piperidine rings is 1. The van der Waals surface area contributed by atoms with Crippen molar-refractivity contribution in [3.05, 3.63) is 92.6 Å². The number of fused-ring (bicyclic) bond motifs is 2. The number of hydrogen-bond acceptors (Lipinski definition) is 15. The largest absolute Gasteiger partial charge is 0.492 e. The highest BCUT2D eigenvalue weighted by molar-refractivity contribution is 9.10. The van der Waals surface area contributed by atoms with E-state index in [9.17, 15) is 18.9 Å². The molecule has 0 spiro atoms. The summed E-state index contributed by atoms with van der Waals surface area (Å²) in [5, 5.41) is 10.7. The van der Waals surface area contributed by atoms with Gasteiger partial charge in [0, 0.05) is 86.2 Å². The normalized spacial score (nSPS) is 15.5. The number of hydrogen-bond donors (Lipinski definition) is 3. The van der Waals surface area contributed by atoms with Crippen LogP contribution in [0.1, 0.15) is 76.2 Å². The van der Waals surface area contributed by atoms with E-state index in [-0.39, 0.29) is 0 Å². The van der Waals surface area contributed by atoms with Gasteiger partial charge in [-0.1, -0.05) is 45.4 Å². The number of halogens is 1. The van der Waals surface area contributed by atoms with Crippen LogP contribution in [0, 0.1) is 0 Å². The molecule has 3 aromatic carbocycles. The van der Waals surface area contributed by atoms with Crippen LogP contribution in [0.4, 0.5) is 28.8 Å². The molecule has 6 aromatic rings. The molecule has 3 N–H and O–H groups in total. The molecule has 17 nitrogen and oxygen atoms in total. The summed E-state index contributed by atoms with van der Waals surface area (Å²) in [6, 6.07) is 17.5. The minimum Gasteiger partial charge on any atom is -0.492 e. The molecule has 19 heteroatoms. The molecular weight excluding hydrogens is 1000 g/mol. The van der Waals surface area contributed by atoms with Gasteiger partial charge >= 0.3 is 5.76 Å². The van der Waals surface area contributed by atoms with E-state index in [1.165, 1.54) is 15.8 Å². The lowest BCUT2D eigenvalue weighted by molar-refractivity contribution is -0.128. The minimum atomic E-state index is -2.75. The molecule has 72 heavy (non-hydrogen) atoms. The van der Waals surface area contributed by atoms with Crippen molar-refractivity contribution in [2.24, 2.45) is 0 Å². The molecule has 5 heterocycles. The summed E-state index contributed by atoms with van der Waals surface area (Å²) in [4.78, 5) is 58.5. The van der Waals surface area contributed by atoms with E-state index in [0.717, 1.165) is 110 Å². The van der Waals surface area contributed by atoms with Crippen LogP contribution in [0.2, 0.25) is 0 Å². The van der Waals surface area contributed by atoms with Crippen molar-refractivity contribution in [2.45, 2.75) is 84.7 Å². The van der Waals surface area contributed by atoms with Gasteiger partial charge in [0.15, 0.2) is 5.58 Å². The van der Waals surface area contributed by atoms with Crippen LogP contribution < -0.4 is 36.6 Å².